The molecule has 0 saturated heterocycles. The Hall–Kier alpha value is -1.56. The molecule has 0 aliphatic rings. The van der Waals surface area contributed by atoms with Gasteiger partial charge < -0.3 is 9.47 Å². The third-order valence-corrected chi connectivity index (χ3v) is 2.14. The molecule has 100 valence electrons. The van der Waals surface area contributed by atoms with Crippen molar-refractivity contribution in [1.82, 2.24) is 0 Å². The fourth-order valence-corrected chi connectivity index (χ4v) is 1.31. The van der Waals surface area contributed by atoms with Crippen LogP contribution in [-0.2, 0) is 14.3 Å². The molecule has 18 heavy (non-hydrogen) atoms. The van der Waals surface area contributed by atoms with Crippen molar-refractivity contribution >= 4 is 5.97 Å². The first-order valence-corrected chi connectivity index (χ1v) is 5.25. The van der Waals surface area contributed by atoms with Crippen molar-refractivity contribution < 1.29 is 27.4 Å². The molecule has 2 atom stereocenters. The molecule has 0 aliphatic heterocycles. The van der Waals surface area contributed by atoms with E-state index in [4.69, 9.17) is 4.74 Å². The number of hydrogen-bond acceptors (Lipinski definition) is 3. The maximum absolute atomic E-state index is 12.6. The number of esters is 1. The molecule has 0 spiro atoms. The van der Waals surface area contributed by atoms with Crippen LogP contribution < -0.4 is 0 Å². The van der Waals surface area contributed by atoms with Crippen LogP contribution in [0.2, 0.25) is 0 Å². The molecule has 0 radical (unpaired) electrons. The van der Waals surface area contributed by atoms with Gasteiger partial charge in [-0.3, -0.25) is 4.79 Å². The van der Waals surface area contributed by atoms with Crippen LogP contribution in [0.15, 0.2) is 30.3 Å². The van der Waals surface area contributed by atoms with Crippen molar-refractivity contribution in [2.24, 2.45) is 0 Å². The van der Waals surface area contributed by atoms with E-state index in [9.17, 15) is 18.0 Å². The fourth-order valence-electron chi connectivity index (χ4n) is 1.31. The van der Waals surface area contributed by atoms with Crippen LogP contribution in [-0.4, -0.2) is 18.4 Å². The van der Waals surface area contributed by atoms with Gasteiger partial charge in [0.25, 0.3) is 0 Å². The third kappa shape index (κ3) is 4.37. The average molecular weight is 262 g/mol. The third-order valence-electron chi connectivity index (χ3n) is 2.14. The number of ether oxygens (including phenoxy) is 2. The zero-order valence-electron chi connectivity index (χ0n) is 9.90. The van der Waals surface area contributed by atoms with E-state index in [2.05, 4.69) is 4.74 Å². The highest BCUT2D eigenvalue weighted by atomic mass is 19.4. The standard InChI is InChI=1S/C12H13F3O3/c1-8(10-6-4-3-5-7-10)17-11(12(13,14)15)18-9(2)16/h3-8,11H,1-2H3. The molecule has 0 aromatic heterocycles. The highest BCUT2D eigenvalue weighted by Gasteiger charge is 2.44. The van der Waals surface area contributed by atoms with E-state index in [1.165, 1.54) is 6.92 Å². The highest BCUT2D eigenvalue weighted by molar-refractivity contribution is 5.66. The van der Waals surface area contributed by atoms with Gasteiger partial charge in [-0.25, -0.2) is 0 Å². The first-order valence-electron chi connectivity index (χ1n) is 5.25. The summed E-state index contributed by atoms with van der Waals surface area (Å²) in [6.45, 7) is 2.35. The van der Waals surface area contributed by atoms with Crippen molar-refractivity contribution in [2.75, 3.05) is 0 Å². The van der Waals surface area contributed by atoms with Crippen LogP contribution in [0.3, 0.4) is 0 Å². The van der Waals surface area contributed by atoms with E-state index in [-0.39, 0.29) is 0 Å². The summed E-state index contributed by atoms with van der Waals surface area (Å²) in [6, 6.07) is 8.37. The lowest BCUT2D eigenvalue weighted by Crippen LogP contribution is -2.36. The highest BCUT2D eigenvalue weighted by Crippen LogP contribution is 2.29. The summed E-state index contributed by atoms with van der Waals surface area (Å²) in [4.78, 5) is 10.6. The molecule has 0 aliphatic carbocycles. The zero-order valence-corrected chi connectivity index (χ0v) is 9.90. The Kier molecular flexibility index (Phi) is 4.72. The molecule has 1 rings (SSSR count). The van der Waals surface area contributed by atoms with Gasteiger partial charge in [-0.2, -0.15) is 13.2 Å². The maximum atomic E-state index is 12.6. The molecule has 3 nitrogen and oxygen atoms in total. The molecule has 2 unspecified atom stereocenters. The minimum Gasteiger partial charge on any atom is -0.426 e. The molecule has 0 N–H and O–H groups in total. The van der Waals surface area contributed by atoms with Crippen molar-refractivity contribution in [3.63, 3.8) is 0 Å². The van der Waals surface area contributed by atoms with Gasteiger partial charge in [0.15, 0.2) is 0 Å². The van der Waals surface area contributed by atoms with Crippen LogP contribution in [0.25, 0.3) is 0 Å². The summed E-state index contributed by atoms with van der Waals surface area (Å²) in [5, 5.41) is 0. The second-order valence-electron chi connectivity index (χ2n) is 3.67. The molecule has 6 heteroatoms. The predicted molar refractivity (Wildman–Crippen MR) is 57.6 cm³/mol. The number of hydrogen-bond donors (Lipinski definition) is 0. The second kappa shape index (κ2) is 5.86. The predicted octanol–water partition coefficient (Wildman–Crippen LogP) is 3.22. The fraction of sp³-hybridized carbons (Fsp3) is 0.417. The first-order chi connectivity index (χ1) is 8.30. The summed E-state index contributed by atoms with van der Waals surface area (Å²) in [5.74, 6) is -1.04. The van der Waals surface area contributed by atoms with Crippen molar-refractivity contribution in [1.29, 1.82) is 0 Å². The minimum absolute atomic E-state index is 0.568. The van der Waals surface area contributed by atoms with Gasteiger partial charge in [0, 0.05) is 6.92 Å². The Balaban J connectivity index is 2.75. The number of halogens is 3. The molecule has 1 aromatic rings. The summed E-state index contributed by atoms with van der Waals surface area (Å²) in [5.41, 5.74) is 0.568. The SMILES string of the molecule is CC(=O)OC(OC(C)c1ccccc1)C(F)(F)F. The van der Waals surface area contributed by atoms with E-state index in [0.29, 0.717) is 5.56 Å². The first kappa shape index (κ1) is 14.5. The lowest BCUT2D eigenvalue weighted by atomic mass is 10.1. The molecular weight excluding hydrogens is 249 g/mol. The topological polar surface area (TPSA) is 35.5 Å². The lowest BCUT2D eigenvalue weighted by Gasteiger charge is -2.24. The molecule has 0 heterocycles. The van der Waals surface area contributed by atoms with E-state index < -0.39 is 24.5 Å². The molecular formula is C12H13F3O3. The summed E-state index contributed by atoms with van der Waals surface area (Å²) < 4.78 is 46.5. The van der Waals surface area contributed by atoms with E-state index in [0.717, 1.165) is 6.92 Å². The zero-order chi connectivity index (χ0) is 13.8. The number of rotatable bonds is 4. The summed E-state index contributed by atoms with van der Waals surface area (Å²) >= 11 is 0. The summed E-state index contributed by atoms with van der Waals surface area (Å²) in [6.07, 6.45) is -8.14. The molecule has 1 aromatic carbocycles. The Bertz CT molecular complexity index is 389. The number of alkyl halides is 3. The average Bonchev–Trinajstić information content (AvgIpc) is 2.27. The van der Waals surface area contributed by atoms with Crippen molar-refractivity contribution in [2.45, 2.75) is 32.4 Å². The Morgan fingerprint density at radius 1 is 1.22 bits per heavy atom. The van der Waals surface area contributed by atoms with Gasteiger partial charge in [-0.15, -0.1) is 0 Å². The monoisotopic (exact) mass is 262 g/mol. The number of carbonyl (C=O) groups is 1. The molecule has 0 fully saturated rings. The Morgan fingerprint density at radius 2 is 1.78 bits per heavy atom. The minimum atomic E-state index is -4.76. The Labute approximate surface area is 103 Å². The van der Waals surface area contributed by atoms with Gasteiger partial charge in [-0.1, -0.05) is 30.3 Å². The van der Waals surface area contributed by atoms with Gasteiger partial charge in [0.1, 0.15) is 0 Å². The number of carbonyl (C=O) groups excluding carboxylic acids is 1. The van der Waals surface area contributed by atoms with Crippen LogP contribution in [0.4, 0.5) is 13.2 Å². The van der Waals surface area contributed by atoms with Gasteiger partial charge >= 0.3 is 18.4 Å². The summed E-state index contributed by atoms with van der Waals surface area (Å²) in [7, 11) is 0. The van der Waals surface area contributed by atoms with Crippen molar-refractivity contribution in [3.05, 3.63) is 35.9 Å². The van der Waals surface area contributed by atoms with Crippen LogP contribution in [0.1, 0.15) is 25.5 Å². The van der Waals surface area contributed by atoms with Gasteiger partial charge in [0.2, 0.25) is 0 Å². The molecule has 0 saturated carbocycles. The quantitative estimate of drug-likeness (QED) is 0.617. The largest absolute Gasteiger partial charge is 0.452 e. The second-order valence-corrected chi connectivity index (χ2v) is 3.67. The van der Waals surface area contributed by atoms with E-state index in [1.54, 1.807) is 30.3 Å². The van der Waals surface area contributed by atoms with Gasteiger partial charge in [-0.05, 0) is 12.5 Å². The maximum Gasteiger partial charge on any atom is 0.452 e. The van der Waals surface area contributed by atoms with Crippen LogP contribution in [0, 0.1) is 0 Å². The van der Waals surface area contributed by atoms with Crippen LogP contribution >= 0.6 is 0 Å². The lowest BCUT2D eigenvalue weighted by molar-refractivity contribution is -0.310. The van der Waals surface area contributed by atoms with E-state index in [1.807, 2.05) is 0 Å². The normalized spacial score (nSPS) is 14.9. The van der Waals surface area contributed by atoms with E-state index >= 15 is 0 Å². The number of benzene rings is 1. The van der Waals surface area contributed by atoms with Gasteiger partial charge in [0.05, 0.1) is 6.10 Å². The van der Waals surface area contributed by atoms with Crippen LogP contribution in [0.5, 0.6) is 0 Å². The molecule has 0 amide bonds. The van der Waals surface area contributed by atoms with Crippen molar-refractivity contribution in [3.8, 4) is 0 Å². The Morgan fingerprint density at radius 3 is 2.22 bits per heavy atom. The smallest absolute Gasteiger partial charge is 0.426 e. The molecule has 0 bridgehead atoms.